The van der Waals surface area contributed by atoms with Gasteiger partial charge in [-0.2, -0.15) is 0 Å². The Morgan fingerprint density at radius 3 is 2.13 bits per heavy atom. The summed E-state index contributed by atoms with van der Waals surface area (Å²) in [7, 11) is -4.11. The van der Waals surface area contributed by atoms with Gasteiger partial charge in [-0.15, -0.1) is 0 Å². The van der Waals surface area contributed by atoms with E-state index in [0.29, 0.717) is 23.7 Å². The third-order valence-electron chi connectivity index (χ3n) is 6.40. The first-order chi connectivity index (χ1) is 18.5. The minimum Gasteiger partial charge on any atom is -0.354 e. The van der Waals surface area contributed by atoms with Crippen molar-refractivity contribution in [3.63, 3.8) is 0 Å². The lowest BCUT2D eigenvalue weighted by atomic mass is 10.1. The minimum absolute atomic E-state index is 0.0555. The first kappa shape index (κ1) is 30.2. The van der Waals surface area contributed by atoms with E-state index in [-0.39, 0.29) is 23.3 Å². The molecule has 0 heterocycles. The van der Waals surface area contributed by atoms with Crippen molar-refractivity contribution in [3.05, 3.63) is 95.0 Å². The SMILES string of the molecule is CC[C@H](C(=O)NCC(C)C)N(Cc1ccccc1C)C(=O)CN(c1ccc(Cl)cc1)S(=O)(=O)c1ccccc1. The number of carbonyl (C=O) groups excluding carboxylic acids is 2. The number of carbonyl (C=O) groups is 2. The number of sulfonamides is 1. The van der Waals surface area contributed by atoms with Gasteiger partial charge in [0.05, 0.1) is 10.6 Å². The van der Waals surface area contributed by atoms with Gasteiger partial charge in [-0.05, 0) is 66.8 Å². The highest BCUT2D eigenvalue weighted by Crippen LogP contribution is 2.26. The second-order valence-electron chi connectivity index (χ2n) is 9.81. The molecule has 3 aromatic rings. The number of hydrogen-bond donors (Lipinski definition) is 1. The van der Waals surface area contributed by atoms with E-state index in [4.69, 9.17) is 11.6 Å². The Kier molecular flexibility index (Phi) is 10.5. The van der Waals surface area contributed by atoms with E-state index in [1.165, 1.54) is 17.0 Å². The summed E-state index contributed by atoms with van der Waals surface area (Å²) in [5.41, 5.74) is 2.15. The van der Waals surface area contributed by atoms with Crippen LogP contribution < -0.4 is 9.62 Å². The third-order valence-corrected chi connectivity index (χ3v) is 8.44. The second-order valence-corrected chi connectivity index (χ2v) is 12.1. The number of benzene rings is 3. The number of amides is 2. The molecule has 1 N–H and O–H groups in total. The maximum atomic E-state index is 14.0. The van der Waals surface area contributed by atoms with Crippen LogP contribution in [-0.4, -0.2) is 44.3 Å². The topological polar surface area (TPSA) is 86.8 Å². The lowest BCUT2D eigenvalue weighted by Crippen LogP contribution is -2.52. The van der Waals surface area contributed by atoms with Gasteiger partial charge >= 0.3 is 0 Å². The Balaban J connectivity index is 2.04. The molecule has 0 spiro atoms. The molecule has 0 radical (unpaired) electrons. The van der Waals surface area contributed by atoms with Crippen molar-refractivity contribution in [2.75, 3.05) is 17.4 Å². The molecular formula is C30H36ClN3O4S. The van der Waals surface area contributed by atoms with Crippen molar-refractivity contribution in [3.8, 4) is 0 Å². The fourth-order valence-corrected chi connectivity index (χ4v) is 5.73. The van der Waals surface area contributed by atoms with Crippen LogP contribution in [0.4, 0.5) is 5.69 Å². The first-order valence-electron chi connectivity index (χ1n) is 13.0. The van der Waals surface area contributed by atoms with Crippen molar-refractivity contribution >= 4 is 39.1 Å². The molecule has 3 rings (SSSR count). The molecule has 0 aliphatic rings. The zero-order chi connectivity index (χ0) is 28.6. The minimum atomic E-state index is -4.11. The van der Waals surface area contributed by atoms with Crippen LogP contribution in [0.2, 0.25) is 5.02 Å². The monoisotopic (exact) mass is 569 g/mol. The van der Waals surface area contributed by atoms with Gasteiger partial charge in [-0.3, -0.25) is 13.9 Å². The summed E-state index contributed by atoms with van der Waals surface area (Å²) in [5.74, 6) is -0.514. The molecule has 3 aromatic carbocycles. The summed E-state index contributed by atoms with van der Waals surface area (Å²) in [6.07, 6.45) is 0.369. The molecule has 7 nitrogen and oxygen atoms in total. The molecule has 0 unspecified atom stereocenters. The van der Waals surface area contributed by atoms with E-state index in [1.54, 1.807) is 42.5 Å². The second kappa shape index (κ2) is 13.6. The quantitative estimate of drug-likeness (QED) is 0.315. The van der Waals surface area contributed by atoms with E-state index in [0.717, 1.165) is 15.4 Å². The molecule has 0 aromatic heterocycles. The number of halogens is 1. The highest BCUT2D eigenvalue weighted by molar-refractivity contribution is 7.92. The molecule has 39 heavy (non-hydrogen) atoms. The van der Waals surface area contributed by atoms with E-state index in [2.05, 4.69) is 5.32 Å². The van der Waals surface area contributed by atoms with Gasteiger partial charge in [0, 0.05) is 18.1 Å². The van der Waals surface area contributed by atoms with Crippen LogP contribution in [0.5, 0.6) is 0 Å². The van der Waals surface area contributed by atoms with Crippen LogP contribution in [0.15, 0.2) is 83.8 Å². The summed E-state index contributed by atoms with van der Waals surface area (Å²) in [6.45, 7) is 7.93. The van der Waals surface area contributed by atoms with Crippen molar-refractivity contribution < 1.29 is 18.0 Å². The van der Waals surface area contributed by atoms with Crippen LogP contribution in [0, 0.1) is 12.8 Å². The predicted molar refractivity (Wildman–Crippen MR) is 156 cm³/mol. The third kappa shape index (κ3) is 7.83. The van der Waals surface area contributed by atoms with E-state index < -0.39 is 28.5 Å². The Hall–Kier alpha value is -3.36. The zero-order valence-corrected chi connectivity index (χ0v) is 24.4. The molecule has 208 valence electrons. The Morgan fingerprint density at radius 1 is 0.923 bits per heavy atom. The van der Waals surface area contributed by atoms with Crippen molar-refractivity contribution in [1.29, 1.82) is 0 Å². The van der Waals surface area contributed by atoms with E-state index in [1.807, 2.05) is 52.0 Å². The van der Waals surface area contributed by atoms with Crippen molar-refractivity contribution in [2.45, 2.75) is 51.6 Å². The first-order valence-corrected chi connectivity index (χ1v) is 14.8. The van der Waals surface area contributed by atoms with E-state index >= 15 is 0 Å². The van der Waals surface area contributed by atoms with Crippen molar-refractivity contribution in [2.24, 2.45) is 5.92 Å². The average molecular weight is 570 g/mol. The molecule has 2 amide bonds. The average Bonchev–Trinajstić information content (AvgIpc) is 2.92. The molecule has 0 saturated carbocycles. The molecule has 0 aliphatic carbocycles. The normalized spacial score (nSPS) is 12.2. The summed E-state index contributed by atoms with van der Waals surface area (Å²) in [5, 5.41) is 3.38. The molecule has 9 heteroatoms. The van der Waals surface area contributed by atoms with Crippen LogP contribution in [0.1, 0.15) is 38.3 Å². The summed E-state index contributed by atoms with van der Waals surface area (Å²) < 4.78 is 28.6. The molecule has 0 saturated heterocycles. The van der Waals surface area contributed by atoms with Gasteiger partial charge in [0.1, 0.15) is 12.6 Å². The summed E-state index contributed by atoms with van der Waals surface area (Å²) in [6, 6.07) is 21.1. The molecular weight excluding hydrogens is 534 g/mol. The number of aryl methyl sites for hydroxylation is 1. The van der Waals surface area contributed by atoms with Gasteiger partial charge in [0.15, 0.2) is 0 Å². The highest BCUT2D eigenvalue weighted by Gasteiger charge is 2.33. The fraction of sp³-hybridized carbons (Fsp3) is 0.333. The zero-order valence-electron chi connectivity index (χ0n) is 22.8. The van der Waals surface area contributed by atoms with Crippen LogP contribution in [0.25, 0.3) is 0 Å². The smallest absolute Gasteiger partial charge is 0.264 e. The van der Waals surface area contributed by atoms with Crippen LogP contribution in [-0.2, 0) is 26.2 Å². The van der Waals surface area contributed by atoms with Gasteiger partial charge in [0.2, 0.25) is 11.8 Å². The Labute approximate surface area is 236 Å². The van der Waals surface area contributed by atoms with Crippen LogP contribution in [0.3, 0.4) is 0 Å². The molecule has 1 atom stereocenters. The predicted octanol–water partition coefficient (Wildman–Crippen LogP) is 5.42. The molecule has 0 fully saturated rings. The Bertz CT molecular complexity index is 1360. The molecule has 0 bridgehead atoms. The van der Waals surface area contributed by atoms with Crippen LogP contribution >= 0.6 is 11.6 Å². The van der Waals surface area contributed by atoms with Gasteiger partial charge in [-0.1, -0.05) is 74.8 Å². The maximum absolute atomic E-state index is 14.0. The molecule has 0 aliphatic heterocycles. The highest BCUT2D eigenvalue weighted by atomic mass is 35.5. The maximum Gasteiger partial charge on any atom is 0.264 e. The van der Waals surface area contributed by atoms with E-state index in [9.17, 15) is 18.0 Å². The van der Waals surface area contributed by atoms with Gasteiger partial charge in [-0.25, -0.2) is 8.42 Å². The summed E-state index contributed by atoms with van der Waals surface area (Å²) >= 11 is 6.07. The van der Waals surface area contributed by atoms with Crippen molar-refractivity contribution in [1.82, 2.24) is 10.2 Å². The van der Waals surface area contributed by atoms with Gasteiger partial charge < -0.3 is 10.2 Å². The number of hydrogen-bond acceptors (Lipinski definition) is 4. The number of rotatable bonds is 12. The lowest BCUT2D eigenvalue weighted by Gasteiger charge is -2.33. The lowest BCUT2D eigenvalue weighted by molar-refractivity contribution is -0.140. The Morgan fingerprint density at radius 2 is 1.54 bits per heavy atom. The summed E-state index contributed by atoms with van der Waals surface area (Å²) in [4.78, 5) is 28.8. The number of anilines is 1. The largest absolute Gasteiger partial charge is 0.354 e. The standard InChI is InChI=1S/C30H36ClN3O4S/c1-5-28(30(36)32-19-22(2)3)33(20-24-12-10-9-11-23(24)4)29(35)21-34(26-17-15-25(31)16-18-26)39(37,38)27-13-7-6-8-14-27/h6-18,22,28H,5,19-21H2,1-4H3,(H,32,36)/t28-/m1/s1. The number of nitrogens with zero attached hydrogens (tertiary/aromatic N) is 2. The fourth-order valence-electron chi connectivity index (χ4n) is 4.17. The number of nitrogens with one attached hydrogen (secondary N) is 1. The van der Waals surface area contributed by atoms with Gasteiger partial charge in [0.25, 0.3) is 10.0 Å².